The van der Waals surface area contributed by atoms with Crippen LogP contribution in [0.2, 0.25) is 0 Å². The Bertz CT molecular complexity index is 909. The highest BCUT2D eigenvalue weighted by atomic mass is 16.5. The molecule has 0 N–H and O–H groups in total. The quantitative estimate of drug-likeness (QED) is 0.619. The summed E-state index contributed by atoms with van der Waals surface area (Å²) in [6.45, 7) is 2.12. The predicted molar refractivity (Wildman–Crippen MR) is 88.0 cm³/mol. The number of hydrogen-bond acceptors (Lipinski definition) is 2. The van der Waals surface area contributed by atoms with Crippen molar-refractivity contribution < 1.29 is 9.53 Å². The number of esters is 1. The fourth-order valence-corrected chi connectivity index (χ4v) is 3.62. The molecule has 0 bridgehead atoms. The molecule has 3 aromatic rings. The van der Waals surface area contributed by atoms with Crippen LogP contribution in [0.5, 0.6) is 0 Å². The van der Waals surface area contributed by atoms with Crippen LogP contribution in [0.25, 0.3) is 21.9 Å². The number of carbonyl (C=O) groups excluding carboxylic acids is 1. The molecule has 1 atom stereocenters. The minimum Gasteiger partial charge on any atom is -0.468 e. The molecule has 0 saturated carbocycles. The van der Waals surface area contributed by atoms with Gasteiger partial charge in [0.2, 0.25) is 0 Å². The molecule has 108 valence electrons. The molecule has 0 heterocycles. The molecule has 2 heteroatoms. The van der Waals surface area contributed by atoms with Gasteiger partial charge >= 0.3 is 5.97 Å². The van der Waals surface area contributed by atoms with E-state index in [0.717, 1.165) is 16.7 Å². The van der Waals surface area contributed by atoms with E-state index in [1.807, 2.05) is 18.2 Å². The molecule has 0 radical (unpaired) electrons. The van der Waals surface area contributed by atoms with Crippen LogP contribution in [-0.4, -0.2) is 13.1 Å². The second-order valence-corrected chi connectivity index (χ2v) is 5.75. The van der Waals surface area contributed by atoms with Crippen LogP contribution in [0.15, 0.2) is 54.6 Å². The molecule has 2 nitrogen and oxygen atoms in total. The molecule has 0 fully saturated rings. The van der Waals surface area contributed by atoms with Gasteiger partial charge in [-0.15, -0.1) is 0 Å². The third kappa shape index (κ3) is 1.64. The highest BCUT2D eigenvalue weighted by molar-refractivity contribution is 6.06. The average molecular weight is 288 g/mol. The minimum absolute atomic E-state index is 0.195. The molecular formula is C20H16O2. The molecule has 22 heavy (non-hydrogen) atoms. The van der Waals surface area contributed by atoms with Gasteiger partial charge in [0.05, 0.1) is 7.11 Å². The number of ether oxygens (including phenoxy) is 1. The van der Waals surface area contributed by atoms with Gasteiger partial charge in [-0.2, -0.15) is 0 Å². The lowest BCUT2D eigenvalue weighted by atomic mass is 9.93. The third-order valence-electron chi connectivity index (χ3n) is 4.58. The van der Waals surface area contributed by atoms with Crippen LogP contribution in [0, 0.1) is 6.92 Å². The van der Waals surface area contributed by atoms with E-state index in [-0.39, 0.29) is 11.9 Å². The van der Waals surface area contributed by atoms with E-state index >= 15 is 0 Å². The fraction of sp³-hybridized carbons (Fsp3) is 0.150. The second kappa shape index (κ2) is 4.70. The van der Waals surface area contributed by atoms with Crippen molar-refractivity contribution in [1.29, 1.82) is 0 Å². The van der Waals surface area contributed by atoms with Gasteiger partial charge in [-0.25, -0.2) is 0 Å². The van der Waals surface area contributed by atoms with Crippen molar-refractivity contribution in [3.8, 4) is 11.1 Å². The molecule has 1 aliphatic rings. The summed E-state index contributed by atoms with van der Waals surface area (Å²) in [5.74, 6) is -0.514. The summed E-state index contributed by atoms with van der Waals surface area (Å²) in [5, 5.41) is 2.44. The van der Waals surface area contributed by atoms with Crippen molar-refractivity contribution in [3.05, 3.63) is 71.3 Å². The lowest BCUT2D eigenvalue weighted by Crippen LogP contribution is -2.13. The Morgan fingerprint density at radius 2 is 1.77 bits per heavy atom. The molecule has 4 rings (SSSR count). The summed E-state index contributed by atoms with van der Waals surface area (Å²) >= 11 is 0. The molecule has 0 saturated heterocycles. The number of fused-ring (bicyclic) bond motifs is 5. The molecule has 0 aromatic heterocycles. The third-order valence-corrected chi connectivity index (χ3v) is 4.58. The number of aryl methyl sites for hydroxylation is 1. The maximum atomic E-state index is 12.3. The molecule has 0 aliphatic heterocycles. The monoisotopic (exact) mass is 288 g/mol. The Balaban J connectivity index is 2.15. The SMILES string of the molecule is COC(=O)C1c2ccccc2-c2c1ccc1cccc(C)c21. The maximum Gasteiger partial charge on any atom is 0.317 e. The fourth-order valence-electron chi connectivity index (χ4n) is 3.62. The maximum absolute atomic E-state index is 12.3. The van der Waals surface area contributed by atoms with Gasteiger partial charge in [0.25, 0.3) is 0 Å². The molecule has 0 spiro atoms. The molecule has 0 amide bonds. The van der Waals surface area contributed by atoms with E-state index in [1.165, 1.54) is 29.0 Å². The largest absolute Gasteiger partial charge is 0.468 e. The Morgan fingerprint density at radius 3 is 2.59 bits per heavy atom. The van der Waals surface area contributed by atoms with Crippen molar-refractivity contribution in [2.24, 2.45) is 0 Å². The molecular weight excluding hydrogens is 272 g/mol. The van der Waals surface area contributed by atoms with Crippen LogP contribution in [0.3, 0.4) is 0 Å². The lowest BCUT2D eigenvalue weighted by molar-refractivity contribution is -0.141. The van der Waals surface area contributed by atoms with Gasteiger partial charge < -0.3 is 4.74 Å². The first-order valence-electron chi connectivity index (χ1n) is 7.41. The molecule has 1 unspecified atom stereocenters. The Labute approximate surface area is 129 Å². The Kier molecular flexibility index (Phi) is 2.80. The van der Waals surface area contributed by atoms with E-state index < -0.39 is 0 Å². The smallest absolute Gasteiger partial charge is 0.317 e. The van der Waals surface area contributed by atoms with Crippen molar-refractivity contribution in [3.63, 3.8) is 0 Å². The number of rotatable bonds is 1. The van der Waals surface area contributed by atoms with Crippen molar-refractivity contribution in [2.45, 2.75) is 12.8 Å². The van der Waals surface area contributed by atoms with Crippen LogP contribution < -0.4 is 0 Å². The van der Waals surface area contributed by atoms with Gasteiger partial charge in [-0.1, -0.05) is 54.6 Å². The van der Waals surface area contributed by atoms with Crippen LogP contribution in [0.4, 0.5) is 0 Å². The summed E-state index contributed by atoms with van der Waals surface area (Å²) in [6, 6.07) is 18.6. The lowest BCUT2D eigenvalue weighted by Gasteiger charge is -2.12. The average Bonchev–Trinajstić information content (AvgIpc) is 2.89. The zero-order valence-electron chi connectivity index (χ0n) is 12.6. The summed E-state index contributed by atoms with van der Waals surface area (Å²) in [7, 11) is 1.45. The highest BCUT2D eigenvalue weighted by Crippen LogP contribution is 2.48. The number of hydrogen-bond donors (Lipinski definition) is 0. The topological polar surface area (TPSA) is 26.3 Å². The van der Waals surface area contributed by atoms with Gasteiger partial charge in [-0.3, -0.25) is 4.79 Å². The zero-order chi connectivity index (χ0) is 15.3. The first-order valence-corrected chi connectivity index (χ1v) is 7.41. The van der Waals surface area contributed by atoms with Crippen molar-refractivity contribution in [1.82, 2.24) is 0 Å². The van der Waals surface area contributed by atoms with Crippen LogP contribution in [0.1, 0.15) is 22.6 Å². The van der Waals surface area contributed by atoms with Crippen molar-refractivity contribution in [2.75, 3.05) is 7.11 Å². The molecule has 1 aliphatic carbocycles. The standard InChI is InChI=1S/C20H16O2/c1-12-6-5-7-13-10-11-16-18(17(12)13)14-8-3-4-9-15(14)19(16)20(21)22-2/h3-11,19H,1-2H3. The number of benzene rings is 3. The molecule has 3 aromatic carbocycles. The Hall–Kier alpha value is -2.61. The van der Waals surface area contributed by atoms with Crippen molar-refractivity contribution >= 4 is 16.7 Å². The van der Waals surface area contributed by atoms with Gasteiger partial charge in [0.1, 0.15) is 5.92 Å². The van der Waals surface area contributed by atoms with E-state index in [2.05, 4.69) is 43.3 Å². The minimum atomic E-state index is -0.319. The summed E-state index contributed by atoms with van der Waals surface area (Å²) < 4.78 is 5.05. The van der Waals surface area contributed by atoms with Crippen LogP contribution >= 0.6 is 0 Å². The predicted octanol–water partition coefficient (Wildman–Crippen LogP) is 4.43. The van der Waals surface area contributed by atoms with E-state index in [9.17, 15) is 4.79 Å². The number of carbonyl (C=O) groups is 1. The second-order valence-electron chi connectivity index (χ2n) is 5.75. The summed E-state index contributed by atoms with van der Waals surface area (Å²) in [4.78, 5) is 12.3. The first-order chi connectivity index (χ1) is 10.7. The van der Waals surface area contributed by atoms with Gasteiger partial charge in [0.15, 0.2) is 0 Å². The van der Waals surface area contributed by atoms with Crippen LogP contribution in [-0.2, 0) is 9.53 Å². The first kappa shape index (κ1) is 13.1. The van der Waals surface area contributed by atoms with E-state index in [1.54, 1.807) is 0 Å². The summed E-state index contributed by atoms with van der Waals surface area (Å²) in [5.41, 5.74) is 5.65. The van der Waals surface area contributed by atoms with E-state index in [0.29, 0.717) is 0 Å². The van der Waals surface area contributed by atoms with Gasteiger partial charge in [0, 0.05) is 0 Å². The van der Waals surface area contributed by atoms with E-state index in [4.69, 9.17) is 4.74 Å². The normalized spacial score (nSPS) is 15.5. The van der Waals surface area contributed by atoms with Gasteiger partial charge in [-0.05, 0) is 45.5 Å². The Morgan fingerprint density at radius 1 is 0.955 bits per heavy atom. The summed E-state index contributed by atoms with van der Waals surface area (Å²) in [6.07, 6.45) is 0. The number of methoxy groups -OCH3 is 1. The zero-order valence-corrected chi connectivity index (χ0v) is 12.6. The highest BCUT2D eigenvalue weighted by Gasteiger charge is 2.35.